The molecule has 1 amide bonds. The van der Waals surface area contributed by atoms with Crippen LogP contribution in [0.1, 0.15) is 44.3 Å². The van der Waals surface area contributed by atoms with E-state index in [1.165, 1.54) is 30.8 Å². The summed E-state index contributed by atoms with van der Waals surface area (Å²) in [5, 5.41) is 3.98. The number of amides is 1. The summed E-state index contributed by atoms with van der Waals surface area (Å²) >= 11 is 6.02. The molecular formula is C20H25ClN3O+. The predicted octanol–water partition coefficient (Wildman–Crippen LogP) is 3.49. The molecule has 0 radical (unpaired) electrons. The summed E-state index contributed by atoms with van der Waals surface area (Å²) in [5.41, 5.74) is 2.33. The molecule has 0 bridgehead atoms. The second-order valence-corrected chi connectivity index (χ2v) is 7.66. The third-order valence-electron chi connectivity index (χ3n) is 5.42. The number of imidazole rings is 1. The number of hydrogen-bond donors (Lipinski definition) is 1. The Morgan fingerprint density at radius 1 is 1.16 bits per heavy atom. The molecule has 1 aliphatic carbocycles. The molecule has 1 N–H and O–H groups in total. The van der Waals surface area contributed by atoms with Crippen LogP contribution in [0.3, 0.4) is 0 Å². The number of benzene rings is 1. The van der Waals surface area contributed by atoms with Crippen molar-refractivity contribution >= 4 is 17.5 Å². The van der Waals surface area contributed by atoms with Crippen LogP contribution in [0.2, 0.25) is 5.02 Å². The Kier molecular flexibility index (Phi) is 4.80. The average molecular weight is 359 g/mol. The number of carbonyl (C=O) groups excluding carboxylic acids is 1. The minimum absolute atomic E-state index is 0.139. The van der Waals surface area contributed by atoms with Gasteiger partial charge in [0, 0.05) is 16.6 Å². The van der Waals surface area contributed by atoms with E-state index < -0.39 is 0 Å². The summed E-state index contributed by atoms with van der Waals surface area (Å²) < 4.78 is 4.48. The fourth-order valence-corrected chi connectivity index (χ4v) is 4.30. The van der Waals surface area contributed by atoms with Crippen LogP contribution in [-0.4, -0.2) is 16.5 Å². The molecule has 0 atom stereocenters. The van der Waals surface area contributed by atoms with Gasteiger partial charge in [0.1, 0.15) is 6.20 Å². The lowest BCUT2D eigenvalue weighted by Crippen LogP contribution is -2.47. The maximum absolute atomic E-state index is 12.5. The summed E-state index contributed by atoms with van der Waals surface area (Å²) in [6.07, 6.45) is 10.3. The van der Waals surface area contributed by atoms with Crippen molar-refractivity contribution < 1.29 is 9.36 Å². The number of fused-ring (bicyclic) bond motifs is 1. The molecule has 1 aromatic carbocycles. The number of halogens is 1. The van der Waals surface area contributed by atoms with Crippen molar-refractivity contribution in [3.05, 3.63) is 41.3 Å². The van der Waals surface area contributed by atoms with Crippen LogP contribution < -0.4 is 9.88 Å². The van der Waals surface area contributed by atoms with E-state index in [0.717, 1.165) is 42.8 Å². The summed E-state index contributed by atoms with van der Waals surface area (Å²) in [5.74, 6) is 1.39. The van der Waals surface area contributed by atoms with Gasteiger partial charge < -0.3 is 5.32 Å². The SMILES string of the molecule is O=C(C[n+]1cc(-c2ccc(Cl)cc2)n2c1CCC2)NC1CCCCC1. The van der Waals surface area contributed by atoms with Gasteiger partial charge in [-0.15, -0.1) is 0 Å². The molecule has 132 valence electrons. The van der Waals surface area contributed by atoms with Gasteiger partial charge >= 0.3 is 0 Å². The number of aromatic nitrogens is 2. The molecule has 1 fully saturated rings. The van der Waals surface area contributed by atoms with E-state index >= 15 is 0 Å². The molecule has 2 aliphatic rings. The second-order valence-electron chi connectivity index (χ2n) is 7.22. The van der Waals surface area contributed by atoms with Crippen LogP contribution in [0.25, 0.3) is 11.3 Å². The number of nitrogens with zero attached hydrogens (tertiary/aromatic N) is 2. The molecule has 0 spiro atoms. The predicted molar refractivity (Wildman–Crippen MR) is 98.4 cm³/mol. The lowest BCUT2D eigenvalue weighted by molar-refractivity contribution is -0.690. The van der Waals surface area contributed by atoms with E-state index in [0.29, 0.717) is 12.6 Å². The van der Waals surface area contributed by atoms with E-state index in [9.17, 15) is 4.79 Å². The first-order valence-electron chi connectivity index (χ1n) is 9.38. The Bertz CT molecular complexity index is 760. The summed E-state index contributed by atoms with van der Waals surface area (Å²) in [7, 11) is 0. The van der Waals surface area contributed by atoms with Gasteiger partial charge in [-0.25, -0.2) is 9.13 Å². The highest BCUT2D eigenvalue weighted by Gasteiger charge is 2.30. The third kappa shape index (κ3) is 3.59. The van der Waals surface area contributed by atoms with E-state index in [4.69, 9.17) is 11.6 Å². The molecular weight excluding hydrogens is 334 g/mol. The minimum Gasteiger partial charge on any atom is -0.350 e. The minimum atomic E-state index is 0.139. The van der Waals surface area contributed by atoms with E-state index in [1.807, 2.05) is 12.1 Å². The first-order chi connectivity index (χ1) is 12.2. The van der Waals surface area contributed by atoms with Gasteiger partial charge in [-0.2, -0.15) is 0 Å². The number of carbonyl (C=O) groups is 1. The zero-order chi connectivity index (χ0) is 17.2. The highest BCUT2D eigenvalue weighted by Crippen LogP contribution is 2.26. The molecule has 2 aromatic rings. The van der Waals surface area contributed by atoms with E-state index in [2.05, 4.69) is 32.8 Å². The van der Waals surface area contributed by atoms with Crippen LogP contribution in [0.5, 0.6) is 0 Å². The molecule has 0 unspecified atom stereocenters. The van der Waals surface area contributed by atoms with Gasteiger partial charge in [0.05, 0.1) is 13.0 Å². The van der Waals surface area contributed by atoms with Crippen molar-refractivity contribution in [1.82, 2.24) is 9.88 Å². The van der Waals surface area contributed by atoms with Crippen molar-refractivity contribution in [3.8, 4) is 11.3 Å². The fraction of sp³-hybridized carbons (Fsp3) is 0.500. The van der Waals surface area contributed by atoms with E-state index in [-0.39, 0.29) is 5.91 Å². The number of hydrogen-bond acceptors (Lipinski definition) is 1. The van der Waals surface area contributed by atoms with Gasteiger partial charge in [0.25, 0.3) is 11.7 Å². The third-order valence-corrected chi connectivity index (χ3v) is 5.67. The number of rotatable bonds is 4. The van der Waals surface area contributed by atoms with Crippen LogP contribution in [0.15, 0.2) is 30.5 Å². The van der Waals surface area contributed by atoms with Crippen molar-refractivity contribution in [2.45, 2.75) is 64.1 Å². The first-order valence-corrected chi connectivity index (χ1v) is 9.75. The Labute approximate surface area is 153 Å². The highest BCUT2D eigenvalue weighted by atomic mass is 35.5. The van der Waals surface area contributed by atoms with Crippen LogP contribution >= 0.6 is 11.6 Å². The van der Waals surface area contributed by atoms with E-state index in [1.54, 1.807) is 0 Å². The molecule has 2 heterocycles. The van der Waals surface area contributed by atoms with Crippen molar-refractivity contribution in [2.75, 3.05) is 0 Å². The smallest absolute Gasteiger partial charge is 0.262 e. The van der Waals surface area contributed by atoms with Crippen molar-refractivity contribution in [3.63, 3.8) is 0 Å². The molecule has 0 saturated heterocycles. The number of nitrogens with one attached hydrogen (secondary N) is 1. The zero-order valence-corrected chi connectivity index (χ0v) is 15.3. The molecule has 1 aromatic heterocycles. The molecule has 1 saturated carbocycles. The van der Waals surface area contributed by atoms with Crippen LogP contribution in [0.4, 0.5) is 0 Å². The summed E-state index contributed by atoms with van der Waals surface area (Å²) in [4.78, 5) is 12.5. The molecule has 5 heteroatoms. The Hall–Kier alpha value is -1.81. The lowest BCUT2D eigenvalue weighted by atomic mass is 9.95. The topological polar surface area (TPSA) is 37.9 Å². The Balaban J connectivity index is 1.53. The van der Waals surface area contributed by atoms with Gasteiger partial charge in [-0.05, 0) is 43.5 Å². The van der Waals surface area contributed by atoms with Crippen LogP contribution in [0, 0.1) is 0 Å². The van der Waals surface area contributed by atoms with Crippen LogP contribution in [-0.2, 0) is 24.3 Å². The second kappa shape index (κ2) is 7.20. The summed E-state index contributed by atoms with van der Waals surface area (Å²) in [6, 6.07) is 8.32. The molecule has 4 rings (SSSR count). The van der Waals surface area contributed by atoms with Crippen molar-refractivity contribution in [1.29, 1.82) is 0 Å². The summed E-state index contributed by atoms with van der Waals surface area (Å²) in [6.45, 7) is 1.43. The maximum atomic E-state index is 12.5. The zero-order valence-electron chi connectivity index (χ0n) is 14.5. The highest BCUT2D eigenvalue weighted by molar-refractivity contribution is 6.30. The molecule has 25 heavy (non-hydrogen) atoms. The molecule has 4 nitrogen and oxygen atoms in total. The maximum Gasteiger partial charge on any atom is 0.262 e. The van der Waals surface area contributed by atoms with Gasteiger partial charge in [0.15, 0.2) is 12.2 Å². The van der Waals surface area contributed by atoms with Gasteiger partial charge in [-0.3, -0.25) is 4.79 Å². The quantitative estimate of drug-likeness (QED) is 0.835. The van der Waals surface area contributed by atoms with Gasteiger partial charge in [0.2, 0.25) is 0 Å². The standard InChI is InChI=1S/C20H24ClN3O/c21-16-10-8-15(9-11-16)18-13-23(20-7-4-12-24(18)20)14-19(25)22-17-5-2-1-3-6-17/h8-11,13,17H,1-7,12,14H2/p+1. The Morgan fingerprint density at radius 2 is 1.92 bits per heavy atom. The van der Waals surface area contributed by atoms with Gasteiger partial charge in [-0.1, -0.05) is 30.9 Å². The Morgan fingerprint density at radius 3 is 2.68 bits per heavy atom. The lowest BCUT2D eigenvalue weighted by Gasteiger charge is -2.22. The monoisotopic (exact) mass is 358 g/mol. The first kappa shape index (κ1) is 16.6. The normalized spacial score (nSPS) is 17.5. The fourth-order valence-electron chi connectivity index (χ4n) is 4.17. The largest absolute Gasteiger partial charge is 0.350 e. The molecule has 1 aliphatic heterocycles. The van der Waals surface area contributed by atoms with Crippen molar-refractivity contribution in [2.24, 2.45) is 0 Å². The average Bonchev–Trinajstić information content (AvgIpc) is 3.21.